The Bertz CT molecular complexity index is 2110. The first-order chi connectivity index (χ1) is 26.5. The van der Waals surface area contributed by atoms with E-state index >= 15 is 0 Å². The SMILES string of the molecule is C=CC(=O)N1CC2(CCN(c3nc(N4CC[C@H](N5CCC(OC)CC5)C4)nc4c(OCC(F)(F)F)c(-c5c(C)ccc6[nH]ncc56)c(C5CC5)cc34)CC2)C1. The molecule has 1 saturated carbocycles. The summed E-state index contributed by atoms with van der Waals surface area (Å²) in [7, 11) is 1.78. The number of ether oxygens (including phenoxy) is 2. The van der Waals surface area contributed by atoms with E-state index in [1.807, 2.05) is 24.0 Å². The third-order valence-corrected chi connectivity index (χ3v) is 12.9. The smallest absolute Gasteiger partial charge is 0.422 e. The first-order valence-electron chi connectivity index (χ1n) is 19.7. The number of likely N-dealkylation sites (tertiary alicyclic amines) is 2. The Hall–Kier alpha value is -4.43. The molecule has 11 nitrogen and oxygen atoms in total. The number of aromatic amines is 1. The number of nitrogens with one attached hydrogen (secondary N) is 1. The van der Waals surface area contributed by atoms with Crippen molar-refractivity contribution in [3.05, 3.63) is 48.2 Å². The number of hydrogen-bond donors (Lipinski definition) is 1. The number of hydrogen-bond acceptors (Lipinski definition) is 9. The zero-order valence-corrected chi connectivity index (χ0v) is 31.6. The number of rotatable bonds is 9. The Balaban J connectivity index is 1.17. The molecule has 1 atom stereocenters. The molecule has 1 amide bonds. The third kappa shape index (κ3) is 6.79. The number of benzene rings is 2. The number of carbonyl (C=O) groups is 1. The molecule has 9 rings (SSSR count). The van der Waals surface area contributed by atoms with Crippen molar-refractivity contribution in [1.29, 1.82) is 0 Å². The molecule has 0 unspecified atom stereocenters. The molecular weight excluding hydrogens is 709 g/mol. The standard InChI is InChI=1S/C41H49F3N8O3/c1-4-33(53)52-22-40(23-52)12-17-50(18-13-40)38-30-19-29(26-6-7-26)35(34-25(2)5-8-32-31(34)20-45-48-32)37(55-24-41(42,43)44)36(30)46-39(47-38)51-14-9-27(21-51)49-15-10-28(54-3)11-16-49/h4-5,8,19-20,26-28H,1,6-7,9-18,21-24H2,2-3H3,(H,45,48)/t27-/m0/s1. The number of nitrogens with zero attached hydrogens (tertiary/aromatic N) is 7. The van der Waals surface area contributed by atoms with E-state index < -0.39 is 12.8 Å². The lowest BCUT2D eigenvalue weighted by atomic mass is 9.72. The van der Waals surface area contributed by atoms with E-state index in [2.05, 4.69) is 37.5 Å². The maximum absolute atomic E-state index is 14.2. The van der Waals surface area contributed by atoms with Gasteiger partial charge in [-0.1, -0.05) is 12.6 Å². The van der Waals surface area contributed by atoms with Crippen molar-refractivity contribution in [3.8, 4) is 16.9 Å². The Morgan fingerprint density at radius 1 is 1.00 bits per heavy atom. The van der Waals surface area contributed by atoms with Crippen LogP contribution >= 0.6 is 0 Å². The van der Waals surface area contributed by atoms with Crippen molar-refractivity contribution < 1.29 is 27.4 Å². The van der Waals surface area contributed by atoms with Crippen LogP contribution in [0.3, 0.4) is 0 Å². The van der Waals surface area contributed by atoms with Gasteiger partial charge in [-0.3, -0.25) is 14.8 Å². The molecule has 4 aromatic rings. The van der Waals surface area contributed by atoms with Gasteiger partial charge in [0.2, 0.25) is 11.9 Å². The Kier molecular flexibility index (Phi) is 9.18. The summed E-state index contributed by atoms with van der Waals surface area (Å²) in [5.74, 6) is 1.55. The number of amides is 1. The number of alkyl halides is 3. The third-order valence-electron chi connectivity index (χ3n) is 12.9. The van der Waals surface area contributed by atoms with E-state index in [1.165, 1.54) is 6.08 Å². The van der Waals surface area contributed by atoms with Gasteiger partial charge >= 0.3 is 6.18 Å². The molecule has 1 spiro atoms. The highest BCUT2D eigenvalue weighted by molar-refractivity contribution is 6.06. The van der Waals surface area contributed by atoms with Crippen molar-refractivity contribution in [3.63, 3.8) is 0 Å². The van der Waals surface area contributed by atoms with Gasteiger partial charge in [-0.05, 0) is 92.7 Å². The fraction of sp³-hybridized carbons (Fsp3) is 0.561. The summed E-state index contributed by atoms with van der Waals surface area (Å²) in [4.78, 5) is 31.7. The Morgan fingerprint density at radius 3 is 2.45 bits per heavy atom. The minimum atomic E-state index is -4.56. The second-order valence-corrected chi connectivity index (χ2v) is 16.4. The van der Waals surface area contributed by atoms with Crippen molar-refractivity contribution in [2.75, 3.05) is 75.9 Å². The molecule has 5 fully saturated rings. The van der Waals surface area contributed by atoms with Crippen LogP contribution in [0.5, 0.6) is 5.75 Å². The van der Waals surface area contributed by atoms with Crippen LogP contribution in [0.15, 0.2) is 37.1 Å². The maximum atomic E-state index is 14.2. The van der Waals surface area contributed by atoms with E-state index in [1.54, 1.807) is 13.3 Å². The summed E-state index contributed by atoms with van der Waals surface area (Å²) in [5, 5.41) is 8.91. The molecular formula is C41H49F3N8O3. The molecule has 0 radical (unpaired) electrons. The number of aryl methyl sites for hydroxylation is 1. The normalized spacial score (nSPS) is 22.2. The highest BCUT2D eigenvalue weighted by atomic mass is 19.4. The number of piperidine rings is 2. The van der Waals surface area contributed by atoms with Crippen molar-refractivity contribution >= 4 is 39.5 Å². The second-order valence-electron chi connectivity index (χ2n) is 16.4. The largest absolute Gasteiger partial charge is 0.481 e. The van der Waals surface area contributed by atoms with E-state index in [4.69, 9.17) is 19.4 Å². The number of methoxy groups -OCH3 is 1. The summed E-state index contributed by atoms with van der Waals surface area (Å²) in [6, 6.07) is 6.40. The zero-order valence-electron chi connectivity index (χ0n) is 31.6. The molecule has 2 aromatic carbocycles. The quantitative estimate of drug-likeness (QED) is 0.189. The predicted molar refractivity (Wildman–Crippen MR) is 206 cm³/mol. The summed E-state index contributed by atoms with van der Waals surface area (Å²) in [5.41, 5.74) is 4.62. The number of anilines is 2. The molecule has 5 aliphatic rings. The summed E-state index contributed by atoms with van der Waals surface area (Å²) in [6.07, 6.45) is 5.43. The summed E-state index contributed by atoms with van der Waals surface area (Å²) < 4.78 is 54.2. The molecule has 292 valence electrons. The fourth-order valence-corrected chi connectivity index (χ4v) is 9.59. The van der Waals surface area contributed by atoms with E-state index in [-0.39, 0.29) is 29.1 Å². The van der Waals surface area contributed by atoms with Crippen LogP contribution < -0.4 is 14.5 Å². The monoisotopic (exact) mass is 758 g/mol. The maximum Gasteiger partial charge on any atom is 0.422 e. The van der Waals surface area contributed by atoms with Gasteiger partial charge in [0.25, 0.3) is 0 Å². The number of halogens is 3. The predicted octanol–water partition coefficient (Wildman–Crippen LogP) is 6.60. The van der Waals surface area contributed by atoms with Gasteiger partial charge in [-0.25, -0.2) is 4.98 Å². The van der Waals surface area contributed by atoms with Crippen LogP contribution in [0.25, 0.3) is 32.9 Å². The van der Waals surface area contributed by atoms with Crippen molar-refractivity contribution in [2.24, 2.45) is 5.41 Å². The van der Waals surface area contributed by atoms with Crippen LogP contribution in [-0.2, 0) is 9.53 Å². The van der Waals surface area contributed by atoms with Gasteiger partial charge in [0.05, 0.1) is 17.8 Å². The van der Waals surface area contributed by atoms with Crippen molar-refractivity contribution in [2.45, 2.75) is 76.1 Å². The molecule has 2 aromatic heterocycles. The fourth-order valence-electron chi connectivity index (χ4n) is 9.59. The van der Waals surface area contributed by atoms with Gasteiger partial charge in [0.15, 0.2) is 12.4 Å². The lowest BCUT2D eigenvalue weighted by Crippen LogP contribution is -2.61. The van der Waals surface area contributed by atoms with Gasteiger partial charge in [-0.15, -0.1) is 0 Å². The Morgan fingerprint density at radius 2 is 1.76 bits per heavy atom. The van der Waals surface area contributed by atoms with Gasteiger partial charge in [-0.2, -0.15) is 23.3 Å². The summed E-state index contributed by atoms with van der Waals surface area (Å²) >= 11 is 0. The highest BCUT2D eigenvalue weighted by Gasteiger charge is 2.47. The average molecular weight is 759 g/mol. The van der Waals surface area contributed by atoms with Crippen LogP contribution in [-0.4, -0.2) is 120 Å². The van der Waals surface area contributed by atoms with Crippen molar-refractivity contribution in [1.82, 2.24) is 30.0 Å². The van der Waals surface area contributed by atoms with E-state index in [9.17, 15) is 18.0 Å². The number of carbonyl (C=O) groups excluding carboxylic acids is 1. The minimum absolute atomic E-state index is 0.0392. The Labute approximate surface area is 318 Å². The second kappa shape index (κ2) is 13.9. The number of fused-ring (bicyclic) bond motifs is 2. The molecule has 4 saturated heterocycles. The summed E-state index contributed by atoms with van der Waals surface area (Å²) in [6.45, 7) is 10.5. The number of H-pyrrole nitrogens is 1. The van der Waals surface area contributed by atoms with Gasteiger partial charge < -0.3 is 24.2 Å². The van der Waals surface area contributed by atoms with Crippen LogP contribution in [0.1, 0.15) is 62.0 Å². The van der Waals surface area contributed by atoms with Crippen LogP contribution in [0, 0.1) is 12.3 Å². The molecule has 6 heterocycles. The lowest BCUT2D eigenvalue weighted by molar-refractivity contribution is -0.153. The first-order valence-corrected chi connectivity index (χ1v) is 19.7. The minimum Gasteiger partial charge on any atom is -0.481 e. The molecule has 55 heavy (non-hydrogen) atoms. The molecule has 0 bridgehead atoms. The van der Waals surface area contributed by atoms with E-state index in [0.717, 1.165) is 105 Å². The van der Waals surface area contributed by atoms with Crippen LogP contribution in [0.4, 0.5) is 24.9 Å². The van der Waals surface area contributed by atoms with Gasteiger partial charge in [0.1, 0.15) is 11.3 Å². The molecule has 1 aliphatic carbocycles. The first kappa shape index (κ1) is 36.2. The number of aromatic nitrogens is 4. The highest BCUT2D eigenvalue weighted by Crippen LogP contribution is 2.53. The van der Waals surface area contributed by atoms with Crippen LogP contribution in [0.2, 0.25) is 0 Å². The van der Waals surface area contributed by atoms with Gasteiger partial charge in [0, 0.05) is 87.3 Å². The molecule has 14 heteroatoms. The average Bonchev–Trinajstić information content (AvgIpc) is 3.70. The lowest BCUT2D eigenvalue weighted by Gasteiger charge is -2.54. The van der Waals surface area contributed by atoms with E-state index in [0.29, 0.717) is 54.6 Å². The zero-order chi connectivity index (χ0) is 38.1. The topological polar surface area (TPSA) is 103 Å². The molecule has 1 N–H and O–H groups in total. The molecule has 4 aliphatic heterocycles.